The summed E-state index contributed by atoms with van der Waals surface area (Å²) >= 11 is 0. The van der Waals surface area contributed by atoms with Crippen LogP contribution in [0.4, 0.5) is 10.1 Å². The number of hydrogen-bond acceptors (Lipinski definition) is 3. The summed E-state index contributed by atoms with van der Waals surface area (Å²) in [5.41, 5.74) is -0.594. The van der Waals surface area contributed by atoms with Gasteiger partial charge in [0.1, 0.15) is 5.82 Å². The third-order valence-electron chi connectivity index (χ3n) is 3.52. The highest BCUT2D eigenvalue weighted by Gasteiger charge is 2.21. The Morgan fingerprint density at radius 3 is 2.50 bits per heavy atom. The molecule has 0 saturated carbocycles. The van der Waals surface area contributed by atoms with Crippen molar-refractivity contribution in [2.45, 2.75) is 39.7 Å². The van der Waals surface area contributed by atoms with Gasteiger partial charge in [0.25, 0.3) is 11.6 Å². The Balaban J connectivity index is 2.92. The summed E-state index contributed by atoms with van der Waals surface area (Å²) in [7, 11) is 0. The van der Waals surface area contributed by atoms with E-state index in [-0.39, 0.29) is 17.3 Å². The monoisotopic (exact) mass is 282 g/mol. The minimum absolute atomic E-state index is 0.115. The molecule has 1 unspecified atom stereocenters. The molecule has 1 amide bonds. The molecule has 0 aromatic heterocycles. The zero-order chi connectivity index (χ0) is 15.3. The molecule has 1 atom stereocenters. The van der Waals surface area contributed by atoms with Gasteiger partial charge in [-0.3, -0.25) is 14.9 Å². The number of hydrogen-bond donors (Lipinski definition) is 1. The van der Waals surface area contributed by atoms with E-state index in [9.17, 15) is 19.3 Å². The number of rotatable bonds is 6. The summed E-state index contributed by atoms with van der Waals surface area (Å²) in [5, 5.41) is 13.4. The first-order chi connectivity index (χ1) is 9.40. The van der Waals surface area contributed by atoms with Crippen molar-refractivity contribution in [2.24, 2.45) is 5.92 Å². The van der Waals surface area contributed by atoms with Crippen LogP contribution in [0, 0.1) is 21.8 Å². The summed E-state index contributed by atoms with van der Waals surface area (Å²) < 4.78 is 13.6. The molecule has 0 aliphatic rings. The molecule has 0 aliphatic carbocycles. The number of carbonyl (C=O) groups excluding carboxylic acids is 1. The Bertz CT molecular complexity index is 501. The van der Waals surface area contributed by atoms with Crippen LogP contribution in [0.3, 0.4) is 0 Å². The topological polar surface area (TPSA) is 72.2 Å². The molecule has 1 N–H and O–H groups in total. The van der Waals surface area contributed by atoms with Crippen molar-refractivity contribution in [3.05, 3.63) is 39.7 Å². The summed E-state index contributed by atoms with van der Waals surface area (Å²) in [4.78, 5) is 22.0. The Hall–Kier alpha value is -1.98. The second kappa shape index (κ2) is 6.98. The van der Waals surface area contributed by atoms with Gasteiger partial charge >= 0.3 is 0 Å². The number of halogens is 1. The van der Waals surface area contributed by atoms with E-state index in [2.05, 4.69) is 5.32 Å². The van der Waals surface area contributed by atoms with Gasteiger partial charge in [-0.25, -0.2) is 4.39 Å². The van der Waals surface area contributed by atoms with Crippen LogP contribution in [-0.4, -0.2) is 16.9 Å². The normalized spacial score (nSPS) is 12.2. The molecule has 0 spiro atoms. The fraction of sp³-hybridized carbons (Fsp3) is 0.500. The lowest BCUT2D eigenvalue weighted by Crippen LogP contribution is -2.38. The molecule has 20 heavy (non-hydrogen) atoms. The van der Waals surface area contributed by atoms with Gasteiger partial charge in [-0.2, -0.15) is 0 Å². The van der Waals surface area contributed by atoms with Crippen molar-refractivity contribution in [2.75, 3.05) is 0 Å². The number of nitrogens with one attached hydrogen (secondary N) is 1. The van der Waals surface area contributed by atoms with Gasteiger partial charge in [0, 0.05) is 18.2 Å². The molecule has 1 aromatic rings. The first kappa shape index (κ1) is 16.1. The van der Waals surface area contributed by atoms with Crippen LogP contribution in [0.1, 0.15) is 44.0 Å². The zero-order valence-electron chi connectivity index (χ0n) is 11.9. The first-order valence-electron chi connectivity index (χ1n) is 6.65. The Morgan fingerprint density at radius 2 is 2.00 bits per heavy atom. The molecule has 1 rings (SSSR count). The summed E-state index contributed by atoms with van der Waals surface area (Å²) in [6.07, 6.45) is 1.80. The van der Waals surface area contributed by atoms with Crippen molar-refractivity contribution in [3.63, 3.8) is 0 Å². The number of nitro benzene ring substituents is 1. The van der Waals surface area contributed by atoms with Crippen LogP contribution >= 0.6 is 0 Å². The SMILES string of the molecule is CCC(CC)C(C)NC(=O)c1cc([N+](=O)[O-])ccc1F. The van der Waals surface area contributed by atoms with Crippen molar-refractivity contribution >= 4 is 11.6 Å². The Morgan fingerprint density at radius 1 is 1.40 bits per heavy atom. The van der Waals surface area contributed by atoms with Crippen molar-refractivity contribution < 1.29 is 14.1 Å². The highest BCUT2D eigenvalue weighted by Crippen LogP contribution is 2.18. The van der Waals surface area contributed by atoms with Crippen molar-refractivity contribution in [1.29, 1.82) is 0 Å². The summed E-state index contributed by atoms with van der Waals surface area (Å²) in [5.74, 6) is -1.09. The van der Waals surface area contributed by atoms with Gasteiger partial charge in [0.05, 0.1) is 10.5 Å². The van der Waals surface area contributed by atoms with E-state index in [0.717, 1.165) is 31.0 Å². The Kier molecular flexibility index (Phi) is 5.61. The lowest BCUT2D eigenvalue weighted by Gasteiger charge is -2.22. The standard InChI is InChI=1S/C14H19FN2O3/c1-4-10(5-2)9(3)16-14(18)12-8-11(17(19)20)6-7-13(12)15/h6-10H,4-5H2,1-3H3,(H,16,18). The van der Waals surface area contributed by atoms with Crippen LogP contribution in [0.25, 0.3) is 0 Å². The second-order valence-electron chi connectivity index (χ2n) is 4.76. The molecular formula is C14H19FN2O3. The van der Waals surface area contributed by atoms with Crippen LogP contribution in [0.2, 0.25) is 0 Å². The third-order valence-corrected chi connectivity index (χ3v) is 3.52. The van der Waals surface area contributed by atoms with E-state index in [1.54, 1.807) is 0 Å². The predicted octanol–water partition coefficient (Wildman–Crippen LogP) is 3.29. The number of nitro groups is 1. The highest BCUT2D eigenvalue weighted by atomic mass is 19.1. The number of non-ortho nitro benzene ring substituents is 1. The quantitative estimate of drug-likeness (QED) is 0.642. The predicted molar refractivity (Wildman–Crippen MR) is 74.1 cm³/mol. The average Bonchev–Trinajstić information content (AvgIpc) is 2.40. The fourth-order valence-electron chi connectivity index (χ4n) is 2.20. The minimum atomic E-state index is -0.759. The number of benzene rings is 1. The van der Waals surface area contributed by atoms with Gasteiger partial charge < -0.3 is 5.32 Å². The maximum atomic E-state index is 13.6. The van der Waals surface area contributed by atoms with E-state index in [4.69, 9.17) is 0 Å². The number of amides is 1. The molecule has 0 bridgehead atoms. The molecule has 5 nitrogen and oxygen atoms in total. The molecular weight excluding hydrogens is 263 g/mol. The Labute approximate surface area is 117 Å². The molecule has 1 aromatic carbocycles. The van der Waals surface area contributed by atoms with E-state index in [1.807, 2.05) is 20.8 Å². The van der Waals surface area contributed by atoms with Crippen LogP contribution in [0.5, 0.6) is 0 Å². The van der Waals surface area contributed by atoms with E-state index >= 15 is 0 Å². The molecule has 0 fully saturated rings. The molecule has 0 aliphatic heterocycles. The largest absolute Gasteiger partial charge is 0.349 e. The van der Waals surface area contributed by atoms with Crippen LogP contribution in [0.15, 0.2) is 18.2 Å². The molecule has 0 saturated heterocycles. The highest BCUT2D eigenvalue weighted by molar-refractivity contribution is 5.95. The third kappa shape index (κ3) is 3.76. The van der Waals surface area contributed by atoms with Gasteiger partial charge in [-0.15, -0.1) is 0 Å². The summed E-state index contributed by atoms with van der Waals surface area (Å²) in [6.45, 7) is 5.89. The summed E-state index contributed by atoms with van der Waals surface area (Å²) in [6, 6.07) is 2.83. The van der Waals surface area contributed by atoms with E-state index < -0.39 is 16.6 Å². The van der Waals surface area contributed by atoms with Crippen molar-refractivity contribution in [3.8, 4) is 0 Å². The maximum absolute atomic E-state index is 13.6. The number of carbonyl (C=O) groups is 1. The molecule has 110 valence electrons. The van der Waals surface area contributed by atoms with E-state index in [0.29, 0.717) is 5.92 Å². The van der Waals surface area contributed by atoms with Crippen LogP contribution < -0.4 is 5.32 Å². The van der Waals surface area contributed by atoms with Gasteiger partial charge in [-0.05, 0) is 18.9 Å². The van der Waals surface area contributed by atoms with Gasteiger partial charge in [-0.1, -0.05) is 26.7 Å². The average molecular weight is 282 g/mol. The minimum Gasteiger partial charge on any atom is -0.349 e. The molecule has 0 radical (unpaired) electrons. The van der Waals surface area contributed by atoms with Gasteiger partial charge in [0.15, 0.2) is 0 Å². The van der Waals surface area contributed by atoms with Gasteiger partial charge in [0.2, 0.25) is 0 Å². The molecule has 0 heterocycles. The van der Waals surface area contributed by atoms with E-state index in [1.165, 1.54) is 0 Å². The zero-order valence-corrected chi connectivity index (χ0v) is 11.9. The first-order valence-corrected chi connectivity index (χ1v) is 6.65. The van der Waals surface area contributed by atoms with Crippen molar-refractivity contribution in [1.82, 2.24) is 5.32 Å². The lowest BCUT2D eigenvalue weighted by atomic mass is 9.95. The number of nitrogens with zero attached hydrogens (tertiary/aromatic N) is 1. The van der Waals surface area contributed by atoms with Crippen LogP contribution in [-0.2, 0) is 0 Å². The fourth-order valence-corrected chi connectivity index (χ4v) is 2.20. The smallest absolute Gasteiger partial charge is 0.270 e. The second-order valence-corrected chi connectivity index (χ2v) is 4.76. The molecule has 6 heteroatoms. The maximum Gasteiger partial charge on any atom is 0.270 e. The lowest BCUT2D eigenvalue weighted by molar-refractivity contribution is -0.384.